The van der Waals surface area contributed by atoms with E-state index in [0.717, 1.165) is 25.1 Å². The highest BCUT2D eigenvalue weighted by atomic mass is 16.6. The molecule has 1 aromatic rings. The normalized spacial score (nSPS) is 23.1. The minimum atomic E-state index is -0.518. The van der Waals surface area contributed by atoms with Crippen LogP contribution in [0.25, 0.3) is 0 Å². The van der Waals surface area contributed by atoms with E-state index in [4.69, 9.17) is 5.26 Å². The molecule has 2 N–H and O–H groups in total. The maximum Gasteiger partial charge on any atom is 0.287 e. The summed E-state index contributed by atoms with van der Waals surface area (Å²) in [5, 5.41) is 26.9. The maximum atomic E-state index is 10.8. The second kappa shape index (κ2) is 5.34. The van der Waals surface area contributed by atoms with Crippen LogP contribution in [0.4, 0.5) is 11.4 Å². The first-order chi connectivity index (χ1) is 10.1. The summed E-state index contributed by atoms with van der Waals surface area (Å²) in [5.41, 5.74) is 1.06. The van der Waals surface area contributed by atoms with Gasteiger partial charge in [0.25, 0.3) is 5.69 Å². The van der Waals surface area contributed by atoms with Gasteiger partial charge in [0.05, 0.1) is 4.92 Å². The van der Waals surface area contributed by atoms with Crippen LogP contribution >= 0.6 is 0 Å². The van der Waals surface area contributed by atoms with Gasteiger partial charge in [-0.15, -0.1) is 0 Å². The van der Waals surface area contributed by atoms with Crippen molar-refractivity contribution in [1.29, 1.82) is 5.26 Å². The number of benzene rings is 1. The average molecular weight is 286 g/mol. The van der Waals surface area contributed by atoms with Gasteiger partial charge in [-0.3, -0.25) is 10.1 Å². The van der Waals surface area contributed by atoms with E-state index in [0.29, 0.717) is 11.6 Å². The number of nitriles is 1. The molecule has 110 valence electrons. The van der Waals surface area contributed by atoms with Gasteiger partial charge in [-0.1, -0.05) is 0 Å². The highest BCUT2D eigenvalue weighted by molar-refractivity contribution is 5.59. The number of nitro benzene ring substituents is 1. The summed E-state index contributed by atoms with van der Waals surface area (Å²) >= 11 is 0. The Balaban J connectivity index is 1.73. The van der Waals surface area contributed by atoms with E-state index in [1.165, 1.54) is 25.3 Å². The van der Waals surface area contributed by atoms with Crippen LogP contribution in [0.3, 0.4) is 0 Å². The monoisotopic (exact) mass is 286 g/mol. The Labute approximate surface area is 123 Å². The van der Waals surface area contributed by atoms with Crippen LogP contribution in [0.5, 0.6) is 0 Å². The molecule has 2 aliphatic rings. The van der Waals surface area contributed by atoms with Crippen molar-refractivity contribution in [3.63, 3.8) is 0 Å². The molecule has 1 saturated heterocycles. The van der Waals surface area contributed by atoms with E-state index in [-0.39, 0.29) is 11.3 Å². The second-order valence-corrected chi connectivity index (χ2v) is 6.00. The minimum Gasteiger partial charge on any atom is -0.382 e. The number of piperidine rings is 1. The fraction of sp³-hybridized carbons (Fsp3) is 0.533. The van der Waals surface area contributed by atoms with Crippen LogP contribution in [0.2, 0.25) is 0 Å². The lowest BCUT2D eigenvalue weighted by Crippen LogP contribution is -2.58. The molecule has 1 atom stereocenters. The Kier molecular flexibility index (Phi) is 3.52. The Bertz CT molecular complexity index is 604. The molecule has 0 bridgehead atoms. The van der Waals surface area contributed by atoms with Gasteiger partial charge in [-0.25, -0.2) is 0 Å². The number of nitro groups is 1. The smallest absolute Gasteiger partial charge is 0.287 e. The van der Waals surface area contributed by atoms with E-state index in [2.05, 4.69) is 10.6 Å². The SMILES string of the molecule is N#Cc1cc(NC2CCNC3(CCC3)C2)ccc1[N+](=O)[O-]. The second-order valence-electron chi connectivity index (χ2n) is 6.00. The third kappa shape index (κ3) is 2.69. The maximum absolute atomic E-state index is 10.8. The molecule has 0 radical (unpaired) electrons. The summed E-state index contributed by atoms with van der Waals surface area (Å²) in [7, 11) is 0. The van der Waals surface area contributed by atoms with E-state index >= 15 is 0 Å². The lowest BCUT2D eigenvalue weighted by Gasteiger charge is -2.48. The van der Waals surface area contributed by atoms with E-state index < -0.39 is 4.92 Å². The Morgan fingerprint density at radius 1 is 1.48 bits per heavy atom. The molecule has 6 nitrogen and oxygen atoms in total. The molecule has 0 aromatic heterocycles. The van der Waals surface area contributed by atoms with Crippen LogP contribution < -0.4 is 10.6 Å². The van der Waals surface area contributed by atoms with Crippen LogP contribution in [0.1, 0.15) is 37.7 Å². The van der Waals surface area contributed by atoms with Gasteiger partial charge in [-0.05, 0) is 50.8 Å². The number of hydrogen-bond acceptors (Lipinski definition) is 5. The standard InChI is InChI=1S/C15H18N4O2/c16-10-11-8-12(2-3-14(11)19(20)21)18-13-4-7-17-15(9-13)5-1-6-15/h2-3,8,13,17-18H,1,4-7,9H2. The Morgan fingerprint density at radius 2 is 2.29 bits per heavy atom. The van der Waals surface area contributed by atoms with Crippen LogP contribution in [0, 0.1) is 21.4 Å². The summed E-state index contributed by atoms with van der Waals surface area (Å²) in [4.78, 5) is 10.3. The number of nitrogens with one attached hydrogen (secondary N) is 2. The minimum absolute atomic E-state index is 0.109. The first-order valence-corrected chi connectivity index (χ1v) is 7.32. The molecule has 1 aliphatic carbocycles. The molecule has 3 rings (SSSR count). The number of rotatable bonds is 3. The summed E-state index contributed by atoms with van der Waals surface area (Å²) < 4.78 is 0. The molecule has 0 amide bonds. The fourth-order valence-corrected chi connectivity index (χ4v) is 3.38. The predicted molar refractivity (Wildman–Crippen MR) is 79.0 cm³/mol. The summed E-state index contributed by atoms with van der Waals surface area (Å²) in [6.07, 6.45) is 5.85. The van der Waals surface area contributed by atoms with E-state index in [1.54, 1.807) is 12.1 Å². The fourth-order valence-electron chi connectivity index (χ4n) is 3.38. The molecule has 1 aliphatic heterocycles. The third-order valence-corrected chi connectivity index (χ3v) is 4.63. The van der Waals surface area contributed by atoms with Crippen molar-refractivity contribution < 1.29 is 4.92 Å². The van der Waals surface area contributed by atoms with Crippen molar-refractivity contribution in [1.82, 2.24) is 5.32 Å². The Hall–Kier alpha value is -2.13. The van der Waals surface area contributed by atoms with Gasteiger partial charge in [0, 0.05) is 23.3 Å². The molecule has 1 spiro atoms. The molecular weight excluding hydrogens is 268 g/mol. The first-order valence-electron chi connectivity index (χ1n) is 7.32. The number of nitrogens with zero attached hydrogens (tertiary/aromatic N) is 2. The van der Waals surface area contributed by atoms with Crippen molar-refractivity contribution in [2.24, 2.45) is 0 Å². The van der Waals surface area contributed by atoms with Gasteiger partial charge in [0.15, 0.2) is 0 Å². The first kappa shape index (κ1) is 13.8. The molecule has 1 unspecified atom stereocenters. The molecular formula is C15H18N4O2. The van der Waals surface area contributed by atoms with Crippen LogP contribution in [-0.2, 0) is 0 Å². The van der Waals surface area contributed by atoms with Crippen molar-refractivity contribution >= 4 is 11.4 Å². The van der Waals surface area contributed by atoms with Crippen molar-refractivity contribution in [2.45, 2.75) is 43.7 Å². The van der Waals surface area contributed by atoms with E-state index in [1.807, 2.05) is 6.07 Å². The quantitative estimate of drug-likeness (QED) is 0.658. The number of anilines is 1. The van der Waals surface area contributed by atoms with Gasteiger partial charge >= 0.3 is 0 Å². The molecule has 6 heteroatoms. The van der Waals surface area contributed by atoms with Gasteiger partial charge in [0.1, 0.15) is 11.6 Å². The van der Waals surface area contributed by atoms with Crippen LogP contribution in [-0.4, -0.2) is 23.0 Å². The average Bonchev–Trinajstić information content (AvgIpc) is 2.45. The zero-order valence-corrected chi connectivity index (χ0v) is 11.8. The van der Waals surface area contributed by atoms with E-state index in [9.17, 15) is 10.1 Å². The molecule has 1 aromatic carbocycles. The third-order valence-electron chi connectivity index (χ3n) is 4.63. The zero-order valence-electron chi connectivity index (χ0n) is 11.8. The predicted octanol–water partition coefficient (Wildman–Crippen LogP) is 2.55. The lowest BCUT2D eigenvalue weighted by atomic mass is 9.70. The van der Waals surface area contributed by atoms with Crippen molar-refractivity contribution in [3.05, 3.63) is 33.9 Å². The molecule has 21 heavy (non-hydrogen) atoms. The summed E-state index contributed by atoms with van der Waals surface area (Å²) in [6, 6.07) is 6.93. The van der Waals surface area contributed by atoms with Gasteiger partial charge < -0.3 is 10.6 Å². The summed E-state index contributed by atoms with van der Waals surface area (Å²) in [5.74, 6) is 0. The zero-order chi connectivity index (χ0) is 14.9. The highest BCUT2D eigenvalue weighted by Crippen LogP contribution is 2.39. The topological polar surface area (TPSA) is 91.0 Å². The molecule has 1 heterocycles. The Morgan fingerprint density at radius 3 is 2.90 bits per heavy atom. The highest BCUT2D eigenvalue weighted by Gasteiger charge is 2.40. The van der Waals surface area contributed by atoms with Crippen molar-refractivity contribution in [3.8, 4) is 6.07 Å². The lowest BCUT2D eigenvalue weighted by molar-refractivity contribution is -0.385. The van der Waals surface area contributed by atoms with Crippen molar-refractivity contribution in [2.75, 3.05) is 11.9 Å². The largest absolute Gasteiger partial charge is 0.382 e. The summed E-state index contributed by atoms with van der Waals surface area (Å²) in [6.45, 7) is 0.996. The van der Waals surface area contributed by atoms with Crippen LogP contribution in [0.15, 0.2) is 18.2 Å². The number of hydrogen-bond donors (Lipinski definition) is 2. The van der Waals surface area contributed by atoms with Gasteiger partial charge in [-0.2, -0.15) is 5.26 Å². The molecule has 2 fully saturated rings. The van der Waals surface area contributed by atoms with Gasteiger partial charge in [0.2, 0.25) is 0 Å². The molecule has 1 saturated carbocycles.